The van der Waals surface area contributed by atoms with Crippen LogP contribution < -0.4 is 10.2 Å². The summed E-state index contributed by atoms with van der Waals surface area (Å²) in [6.45, 7) is 5.80. The normalized spacial score (nSPS) is 10.4. The molecule has 0 saturated heterocycles. The van der Waals surface area contributed by atoms with Crippen LogP contribution in [0.4, 0.5) is 5.69 Å². The summed E-state index contributed by atoms with van der Waals surface area (Å²) in [5.74, 6) is -0.998. The van der Waals surface area contributed by atoms with E-state index in [0.29, 0.717) is 5.56 Å². The molecule has 19 heavy (non-hydrogen) atoms. The summed E-state index contributed by atoms with van der Waals surface area (Å²) in [6, 6.07) is 5.15. The SMILES string of the molecule is Cc1cc(N(C)CC(=O)NC(C)C)ccc1C(=O)O. The fraction of sp³-hybridized carbons (Fsp3) is 0.429. The number of nitrogens with zero attached hydrogens (tertiary/aromatic N) is 1. The zero-order valence-electron chi connectivity index (χ0n) is 11.7. The van der Waals surface area contributed by atoms with Crippen LogP contribution in [0.3, 0.4) is 0 Å². The van der Waals surface area contributed by atoms with Crippen molar-refractivity contribution in [3.63, 3.8) is 0 Å². The molecule has 0 saturated carbocycles. The summed E-state index contributed by atoms with van der Waals surface area (Å²) in [7, 11) is 1.80. The van der Waals surface area contributed by atoms with Gasteiger partial charge in [0.25, 0.3) is 0 Å². The third-order valence-corrected chi connectivity index (χ3v) is 2.71. The average Bonchev–Trinajstić information content (AvgIpc) is 2.26. The van der Waals surface area contributed by atoms with Crippen LogP contribution in [0, 0.1) is 6.92 Å². The zero-order chi connectivity index (χ0) is 14.6. The van der Waals surface area contributed by atoms with E-state index in [0.717, 1.165) is 5.69 Å². The summed E-state index contributed by atoms with van der Waals surface area (Å²) in [6.07, 6.45) is 0. The van der Waals surface area contributed by atoms with Gasteiger partial charge in [-0.1, -0.05) is 0 Å². The lowest BCUT2D eigenvalue weighted by molar-refractivity contribution is -0.120. The van der Waals surface area contributed by atoms with Crippen molar-refractivity contribution in [1.82, 2.24) is 5.32 Å². The number of likely N-dealkylation sites (N-methyl/N-ethyl adjacent to an activating group) is 1. The molecule has 0 aliphatic carbocycles. The van der Waals surface area contributed by atoms with Gasteiger partial charge in [0.05, 0.1) is 12.1 Å². The first-order valence-corrected chi connectivity index (χ1v) is 6.15. The van der Waals surface area contributed by atoms with Gasteiger partial charge in [0.1, 0.15) is 0 Å². The van der Waals surface area contributed by atoms with Gasteiger partial charge in [0.15, 0.2) is 0 Å². The molecule has 0 radical (unpaired) electrons. The first kappa shape index (κ1) is 15.0. The average molecular weight is 264 g/mol. The van der Waals surface area contributed by atoms with Crippen molar-refractivity contribution in [2.45, 2.75) is 26.8 Å². The smallest absolute Gasteiger partial charge is 0.335 e. The second kappa shape index (κ2) is 6.22. The number of rotatable bonds is 5. The van der Waals surface area contributed by atoms with E-state index in [4.69, 9.17) is 5.11 Å². The molecule has 5 heteroatoms. The number of amides is 1. The maximum absolute atomic E-state index is 11.7. The highest BCUT2D eigenvalue weighted by Gasteiger charge is 2.11. The molecule has 0 heterocycles. The minimum absolute atomic E-state index is 0.0579. The molecule has 0 spiro atoms. The van der Waals surface area contributed by atoms with Crippen molar-refractivity contribution in [2.24, 2.45) is 0 Å². The molecule has 1 aromatic rings. The quantitative estimate of drug-likeness (QED) is 0.848. The number of benzene rings is 1. The molecule has 104 valence electrons. The summed E-state index contributed by atoms with van der Waals surface area (Å²) in [4.78, 5) is 24.4. The number of hydrogen-bond donors (Lipinski definition) is 2. The summed E-state index contributed by atoms with van der Waals surface area (Å²) < 4.78 is 0. The molecular formula is C14H20N2O3. The number of carboxylic acid groups (broad SMARTS) is 1. The van der Waals surface area contributed by atoms with Crippen LogP contribution in [0.2, 0.25) is 0 Å². The molecular weight excluding hydrogens is 244 g/mol. The molecule has 0 aliphatic rings. The number of anilines is 1. The maximum atomic E-state index is 11.7. The van der Waals surface area contributed by atoms with E-state index in [9.17, 15) is 9.59 Å². The number of hydrogen-bond acceptors (Lipinski definition) is 3. The van der Waals surface area contributed by atoms with Crippen LogP contribution in [0.25, 0.3) is 0 Å². The summed E-state index contributed by atoms with van der Waals surface area (Å²) in [5.41, 5.74) is 1.78. The lowest BCUT2D eigenvalue weighted by Gasteiger charge is -2.20. The van der Waals surface area contributed by atoms with Gasteiger partial charge in [-0.2, -0.15) is 0 Å². The Bertz CT molecular complexity index is 484. The Morgan fingerprint density at radius 3 is 2.47 bits per heavy atom. The van der Waals surface area contributed by atoms with Gasteiger partial charge in [0, 0.05) is 18.8 Å². The van der Waals surface area contributed by atoms with Crippen LogP contribution in [-0.2, 0) is 4.79 Å². The van der Waals surface area contributed by atoms with E-state index in [1.807, 2.05) is 13.8 Å². The molecule has 0 atom stereocenters. The van der Waals surface area contributed by atoms with Crippen LogP contribution in [0.5, 0.6) is 0 Å². The van der Waals surface area contributed by atoms with Crippen molar-refractivity contribution < 1.29 is 14.7 Å². The fourth-order valence-electron chi connectivity index (χ4n) is 1.80. The Kier molecular flexibility index (Phi) is 4.92. The second-order valence-electron chi connectivity index (χ2n) is 4.88. The van der Waals surface area contributed by atoms with Gasteiger partial charge in [-0.3, -0.25) is 4.79 Å². The molecule has 1 aromatic carbocycles. The van der Waals surface area contributed by atoms with Gasteiger partial charge < -0.3 is 15.3 Å². The fourth-order valence-corrected chi connectivity index (χ4v) is 1.80. The van der Waals surface area contributed by atoms with E-state index in [2.05, 4.69) is 5.32 Å². The highest BCUT2D eigenvalue weighted by atomic mass is 16.4. The number of carboxylic acids is 1. The Morgan fingerprint density at radius 1 is 1.37 bits per heavy atom. The highest BCUT2D eigenvalue weighted by molar-refractivity contribution is 5.90. The molecule has 1 amide bonds. The largest absolute Gasteiger partial charge is 0.478 e. The Hall–Kier alpha value is -2.04. The zero-order valence-corrected chi connectivity index (χ0v) is 11.7. The van der Waals surface area contributed by atoms with Gasteiger partial charge in [0.2, 0.25) is 5.91 Å². The lowest BCUT2D eigenvalue weighted by atomic mass is 10.1. The van der Waals surface area contributed by atoms with Crippen molar-refractivity contribution >= 4 is 17.6 Å². The van der Waals surface area contributed by atoms with Crippen LogP contribution in [-0.4, -0.2) is 36.6 Å². The Morgan fingerprint density at radius 2 is 2.00 bits per heavy atom. The Labute approximate surface area is 113 Å². The molecule has 0 aromatic heterocycles. The molecule has 0 unspecified atom stereocenters. The topological polar surface area (TPSA) is 69.6 Å². The van der Waals surface area contributed by atoms with Gasteiger partial charge in [-0.25, -0.2) is 4.79 Å². The predicted octanol–water partition coefficient (Wildman–Crippen LogP) is 1.65. The second-order valence-corrected chi connectivity index (χ2v) is 4.88. The van der Waals surface area contributed by atoms with Crippen LogP contribution in [0.1, 0.15) is 29.8 Å². The van der Waals surface area contributed by atoms with Crippen molar-refractivity contribution in [2.75, 3.05) is 18.5 Å². The monoisotopic (exact) mass is 264 g/mol. The van der Waals surface area contributed by atoms with E-state index in [1.165, 1.54) is 0 Å². The van der Waals surface area contributed by atoms with Crippen LogP contribution in [0.15, 0.2) is 18.2 Å². The Balaban J connectivity index is 2.78. The minimum atomic E-state index is -0.941. The van der Waals surface area contributed by atoms with E-state index in [1.54, 1.807) is 37.1 Å². The predicted molar refractivity (Wildman–Crippen MR) is 74.7 cm³/mol. The van der Waals surface area contributed by atoms with Gasteiger partial charge >= 0.3 is 5.97 Å². The molecule has 5 nitrogen and oxygen atoms in total. The third kappa shape index (κ3) is 4.28. The van der Waals surface area contributed by atoms with E-state index >= 15 is 0 Å². The minimum Gasteiger partial charge on any atom is -0.478 e. The van der Waals surface area contributed by atoms with Crippen molar-refractivity contribution in [3.05, 3.63) is 29.3 Å². The van der Waals surface area contributed by atoms with Crippen molar-refractivity contribution in [1.29, 1.82) is 0 Å². The van der Waals surface area contributed by atoms with Crippen LogP contribution >= 0.6 is 0 Å². The molecule has 0 aliphatic heterocycles. The summed E-state index contributed by atoms with van der Waals surface area (Å²) in [5, 5.41) is 11.8. The number of nitrogens with one attached hydrogen (secondary N) is 1. The molecule has 1 rings (SSSR count). The van der Waals surface area contributed by atoms with E-state index in [-0.39, 0.29) is 24.1 Å². The van der Waals surface area contributed by atoms with Gasteiger partial charge in [-0.05, 0) is 44.5 Å². The number of aromatic carboxylic acids is 1. The maximum Gasteiger partial charge on any atom is 0.335 e. The lowest BCUT2D eigenvalue weighted by Crippen LogP contribution is -2.38. The number of aryl methyl sites for hydroxylation is 1. The number of carbonyl (C=O) groups excluding carboxylic acids is 1. The first-order valence-electron chi connectivity index (χ1n) is 6.15. The van der Waals surface area contributed by atoms with Crippen molar-refractivity contribution in [3.8, 4) is 0 Å². The van der Waals surface area contributed by atoms with E-state index < -0.39 is 5.97 Å². The highest BCUT2D eigenvalue weighted by Crippen LogP contribution is 2.18. The number of carbonyl (C=O) groups is 2. The molecule has 0 bridgehead atoms. The van der Waals surface area contributed by atoms with Gasteiger partial charge in [-0.15, -0.1) is 0 Å². The standard InChI is InChI=1S/C14H20N2O3/c1-9(2)15-13(17)8-16(4)11-5-6-12(14(18)19)10(3)7-11/h5-7,9H,8H2,1-4H3,(H,15,17)(H,18,19). The summed E-state index contributed by atoms with van der Waals surface area (Å²) >= 11 is 0. The molecule has 0 fully saturated rings. The molecule has 2 N–H and O–H groups in total. The first-order chi connectivity index (χ1) is 8.81. The third-order valence-electron chi connectivity index (χ3n) is 2.71.